The average Bonchev–Trinajstić information content (AvgIpc) is 3.59. The van der Waals surface area contributed by atoms with Crippen molar-refractivity contribution in [2.75, 3.05) is 0 Å². The maximum absolute atomic E-state index is 12.7. The Kier molecular flexibility index (Phi) is 5.69. The average molecular weight is 454 g/mol. The van der Waals surface area contributed by atoms with Gasteiger partial charge in [0.2, 0.25) is 5.82 Å². The zero-order valence-corrected chi connectivity index (χ0v) is 18.8. The highest BCUT2D eigenvalue weighted by Crippen LogP contribution is 2.18. The summed E-state index contributed by atoms with van der Waals surface area (Å²) in [6, 6.07) is 21.2. The zero-order chi connectivity index (χ0) is 23.5. The number of hydrogen-bond donors (Lipinski definition) is 1. The fourth-order valence-corrected chi connectivity index (χ4v) is 3.71. The van der Waals surface area contributed by atoms with E-state index in [4.69, 9.17) is 0 Å². The van der Waals surface area contributed by atoms with Crippen molar-refractivity contribution in [2.45, 2.75) is 27.1 Å². The van der Waals surface area contributed by atoms with Gasteiger partial charge in [0.15, 0.2) is 6.67 Å². The van der Waals surface area contributed by atoms with E-state index in [1.165, 1.54) is 4.80 Å². The Hall–Kier alpha value is -4.60. The van der Waals surface area contributed by atoms with Crippen LogP contribution >= 0.6 is 0 Å². The molecule has 0 aliphatic heterocycles. The molecule has 1 N–H and O–H groups in total. The molecule has 170 valence electrons. The maximum atomic E-state index is 12.7. The fourth-order valence-electron chi connectivity index (χ4n) is 3.71. The first-order valence-corrected chi connectivity index (χ1v) is 10.8. The first kappa shape index (κ1) is 21.3. The van der Waals surface area contributed by atoms with Gasteiger partial charge in [-0.3, -0.25) is 4.79 Å². The van der Waals surface area contributed by atoms with E-state index < -0.39 is 0 Å². The summed E-state index contributed by atoms with van der Waals surface area (Å²) < 4.78 is 3.48. The summed E-state index contributed by atoms with van der Waals surface area (Å²) >= 11 is 0. The van der Waals surface area contributed by atoms with E-state index in [-0.39, 0.29) is 12.6 Å². The van der Waals surface area contributed by atoms with Crippen molar-refractivity contribution in [1.82, 2.24) is 45.1 Å². The van der Waals surface area contributed by atoms with Crippen molar-refractivity contribution in [3.63, 3.8) is 0 Å². The van der Waals surface area contributed by atoms with Crippen LogP contribution < -0.4 is 5.32 Å². The molecule has 0 bridgehead atoms. The largest absolute Gasteiger partial charge is 0.346 e. The van der Waals surface area contributed by atoms with Gasteiger partial charge in [-0.05, 0) is 37.3 Å². The van der Waals surface area contributed by atoms with E-state index >= 15 is 0 Å². The number of para-hydroxylation sites is 1. The normalized spacial score (nSPS) is 11.0. The smallest absolute Gasteiger partial charge is 0.272 e. The second-order valence-corrected chi connectivity index (χ2v) is 7.81. The Morgan fingerprint density at radius 1 is 0.912 bits per heavy atom. The van der Waals surface area contributed by atoms with Crippen LogP contribution in [0.25, 0.3) is 17.1 Å². The molecule has 10 nitrogen and oxygen atoms in total. The lowest BCUT2D eigenvalue weighted by Gasteiger charge is -2.06. The summed E-state index contributed by atoms with van der Waals surface area (Å²) in [5.41, 5.74) is 5.03. The quantitative estimate of drug-likeness (QED) is 0.406. The van der Waals surface area contributed by atoms with Gasteiger partial charge in [0.05, 0.1) is 11.4 Å². The summed E-state index contributed by atoms with van der Waals surface area (Å²) in [6.07, 6.45) is 1.71. The summed E-state index contributed by atoms with van der Waals surface area (Å²) in [5, 5.41) is 24.5. The predicted octanol–water partition coefficient (Wildman–Crippen LogP) is 2.77. The monoisotopic (exact) mass is 453 g/mol. The Balaban J connectivity index is 1.23. The van der Waals surface area contributed by atoms with Gasteiger partial charge < -0.3 is 5.32 Å². The van der Waals surface area contributed by atoms with Gasteiger partial charge in [-0.1, -0.05) is 48.5 Å². The molecule has 1 amide bonds. The van der Waals surface area contributed by atoms with E-state index in [0.29, 0.717) is 18.1 Å². The number of carbonyl (C=O) groups excluding carboxylic acids is 1. The van der Waals surface area contributed by atoms with Crippen molar-refractivity contribution < 1.29 is 4.79 Å². The van der Waals surface area contributed by atoms with E-state index in [9.17, 15) is 4.79 Å². The van der Waals surface area contributed by atoms with Crippen LogP contribution in [-0.2, 0) is 13.2 Å². The third-order valence-electron chi connectivity index (χ3n) is 5.50. The number of aryl methyl sites for hydroxylation is 1. The summed E-state index contributed by atoms with van der Waals surface area (Å²) in [6.45, 7) is 4.55. The third-order valence-corrected chi connectivity index (χ3v) is 5.50. The van der Waals surface area contributed by atoms with Crippen molar-refractivity contribution in [2.24, 2.45) is 0 Å². The molecule has 0 aliphatic rings. The lowest BCUT2D eigenvalue weighted by molar-refractivity contribution is 0.0944. The number of rotatable bonds is 7. The molecular formula is C24H23N9O. The second kappa shape index (κ2) is 9.10. The van der Waals surface area contributed by atoms with Crippen LogP contribution in [0.3, 0.4) is 0 Å². The SMILES string of the molecule is Cc1nn(-c2ccccc2)c(C)c1CNC(=O)c1ccn(Cn2nnc(-c3ccccc3)n2)n1. The number of nitrogens with one attached hydrogen (secondary N) is 1. The van der Waals surface area contributed by atoms with Crippen LogP contribution in [0.5, 0.6) is 0 Å². The standard InChI is InChI=1S/C24H23N9O/c1-17-21(18(2)33(27-17)20-11-7-4-8-12-20)15-25-24(34)22-13-14-31(28-22)16-32-29-23(26-30-32)19-9-5-3-6-10-19/h3-14H,15-16H2,1-2H3,(H,25,34). The Morgan fingerprint density at radius 3 is 2.41 bits per heavy atom. The first-order chi connectivity index (χ1) is 16.6. The first-order valence-electron chi connectivity index (χ1n) is 10.8. The molecule has 34 heavy (non-hydrogen) atoms. The Labute approximate surface area is 195 Å². The third kappa shape index (κ3) is 4.33. The molecule has 0 saturated carbocycles. The topological polar surface area (TPSA) is 108 Å². The Morgan fingerprint density at radius 2 is 1.65 bits per heavy atom. The molecule has 0 spiro atoms. The highest BCUT2D eigenvalue weighted by atomic mass is 16.1. The van der Waals surface area contributed by atoms with Gasteiger partial charge in [0.25, 0.3) is 5.91 Å². The number of aromatic nitrogens is 8. The summed E-state index contributed by atoms with van der Waals surface area (Å²) in [4.78, 5) is 14.1. The molecular weight excluding hydrogens is 430 g/mol. The molecule has 0 saturated heterocycles. The molecule has 0 atom stereocenters. The minimum absolute atomic E-state index is 0.245. The highest BCUT2D eigenvalue weighted by molar-refractivity contribution is 5.92. The second-order valence-electron chi connectivity index (χ2n) is 7.81. The lowest BCUT2D eigenvalue weighted by atomic mass is 10.2. The van der Waals surface area contributed by atoms with Gasteiger partial charge in [-0.15, -0.1) is 15.0 Å². The minimum Gasteiger partial charge on any atom is -0.346 e. The van der Waals surface area contributed by atoms with Gasteiger partial charge >= 0.3 is 0 Å². The van der Waals surface area contributed by atoms with E-state index in [1.54, 1.807) is 16.9 Å². The number of nitrogens with zero attached hydrogens (tertiary/aromatic N) is 8. The van der Waals surface area contributed by atoms with Crippen molar-refractivity contribution in [3.05, 3.63) is 95.6 Å². The molecule has 0 aliphatic carbocycles. The highest BCUT2D eigenvalue weighted by Gasteiger charge is 2.16. The molecule has 5 rings (SSSR count). The number of carbonyl (C=O) groups is 1. The zero-order valence-electron chi connectivity index (χ0n) is 18.8. The van der Waals surface area contributed by atoms with E-state index in [1.807, 2.05) is 79.2 Å². The van der Waals surface area contributed by atoms with Crippen LogP contribution in [0, 0.1) is 13.8 Å². The number of benzene rings is 2. The van der Waals surface area contributed by atoms with Gasteiger partial charge in [-0.25, -0.2) is 9.36 Å². The Bertz CT molecular complexity index is 1420. The van der Waals surface area contributed by atoms with Crippen molar-refractivity contribution >= 4 is 5.91 Å². The van der Waals surface area contributed by atoms with Crippen molar-refractivity contribution in [3.8, 4) is 17.1 Å². The maximum Gasteiger partial charge on any atom is 0.272 e. The number of hydrogen-bond acceptors (Lipinski definition) is 6. The van der Waals surface area contributed by atoms with Crippen LogP contribution in [0.2, 0.25) is 0 Å². The molecule has 10 heteroatoms. The molecule has 0 radical (unpaired) electrons. The molecule has 0 fully saturated rings. The van der Waals surface area contributed by atoms with Crippen molar-refractivity contribution in [1.29, 1.82) is 0 Å². The molecule has 0 unspecified atom stereocenters. The van der Waals surface area contributed by atoms with Crippen LogP contribution in [0.4, 0.5) is 0 Å². The van der Waals surface area contributed by atoms with Gasteiger partial charge in [0, 0.05) is 29.6 Å². The summed E-state index contributed by atoms with van der Waals surface area (Å²) in [7, 11) is 0. The number of amides is 1. The lowest BCUT2D eigenvalue weighted by Crippen LogP contribution is -2.24. The van der Waals surface area contributed by atoms with Gasteiger partial charge in [0.1, 0.15) is 5.69 Å². The summed E-state index contributed by atoms with van der Waals surface area (Å²) in [5.74, 6) is 0.272. The van der Waals surface area contributed by atoms with E-state index in [2.05, 4.69) is 30.9 Å². The van der Waals surface area contributed by atoms with Crippen LogP contribution in [-0.4, -0.2) is 45.7 Å². The molecule has 5 aromatic rings. The fraction of sp³-hybridized carbons (Fsp3) is 0.167. The van der Waals surface area contributed by atoms with Crippen LogP contribution in [0.15, 0.2) is 72.9 Å². The van der Waals surface area contributed by atoms with Crippen LogP contribution in [0.1, 0.15) is 27.4 Å². The predicted molar refractivity (Wildman–Crippen MR) is 125 cm³/mol. The molecule has 3 aromatic heterocycles. The molecule has 2 aromatic carbocycles. The minimum atomic E-state index is -0.262. The number of tetrazole rings is 1. The van der Waals surface area contributed by atoms with Gasteiger partial charge in [-0.2, -0.15) is 10.2 Å². The van der Waals surface area contributed by atoms with E-state index in [0.717, 1.165) is 28.2 Å². The molecule has 3 heterocycles.